The normalized spacial score (nSPS) is 20.9. The Balaban J connectivity index is 1.18. The molecule has 0 N–H and O–H groups in total. The molecule has 0 unspecified atom stereocenters. The minimum absolute atomic E-state index is 0.0700. The number of fused-ring (bicyclic) bond motifs is 4. The number of hydrogen-bond acceptors (Lipinski definition) is 9. The fraction of sp³-hybridized carbons (Fsp3) is 0.281. The highest BCUT2D eigenvalue weighted by atomic mass is 16.9. The summed E-state index contributed by atoms with van der Waals surface area (Å²) in [7, 11) is 0. The van der Waals surface area contributed by atoms with Crippen molar-refractivity contribution in [2.45, 2.75) is 45.4 Å². The molecule has 1 spiro atoms. The monoisotopic (exact) mass is 556 g/mol. The van der Waals surface area contributed by atoms with Crippen LogP contribution in [0.25, 0.3) is 39.0 Å². The first-order valence-corrected chi connectivity index (χ1v) is 13.3. The number of benzene rings is 2. The molecule has 3 aromatic heterocycles. The van der Waals surface area contributed by atoms with Gasteiger partial charge in [0.1, 0.15) is 36.4 Å². The lowest BCUT2D eigenvalue weighted by molar-refractivity contribution is -0.271. The van der Waals surface area contributed by atoms with Crippen LogP contribution in [0.5, 0.6) is 17.2 Å². The molecule has 1 fully saturated rings. The lowest BCUT2D eigenvalue weighted by atomic mass is 10.0. The van der Waals surface area contributed by atoms with Gasteiger partial charge >= 0.3 is 11.6 Å². The van der Waals surface area contributed by atoms with Crippen LogP contribution in [0.2, 0.25) is 0 Å². The van der Waals surface area contributed by atoms with Crippen LogP contribution in [-0.2, 0) is 9.47 Å². The molecule has 5 heterocycles. The Morgan fingerprint density at radius 3 is 2.66 bits per heavy atom. The summed E-state index contributed by atoms with van der Waals surface area (Å²) in [5.74, 6) is -0.00303. The zero-order valence-electron chi connectivity index (χ0n) is 23.0. The van der Waals surface area contributed by atoms with Gasteiger partial charge in [0.25, 0.3) is 0 Å². The van der Waals surface area contributed by atoms with E-state index in [4.69, 9.17) is 36.9 Å². The van der Waals surface area contributed by atoms with E-state index in [1.54, 1.807) is 30.7 Å². The summed E-state index contributed by atoms with van der Waals surface area (Å²) in [6, 6.07) is 10.4. The molecule has 0 radical (unpaired) electrons. The Kier molecular flexibility index (Phi) is 5.78. The van der Waals surface area contributed by atoms with Crippen molar-refractivity contribution in [2.75, 3.05) is 13.2 Å². The van der Waals surface area contributed by atoms with Crippen molar-refractivity contribution >= 4 is 39.0 Å². The Morgan fingerprint density at radius 1 is 0.976 bits per heavy atom. The molecule has 210 valence electrons. The summed E-state index contributed by atoms with van der Waals surface area (Å²) in [6.07, 6.45) is 8.24. The Bertz CT molecular complexity index is 1910. The predicted molar refractivity (Wildman–Crippen MR) is 151 cm³/mol. The molecule has 7 rings (SSSR count). The summed E-state index contributed by atoms with van der Waals surface area (Å²) in [6.45, 7) is 8.33. The standard InChI is InChI=1S/C32H28O9/c1-18(2)8-12-36-29-21-7-11-32(39-24(21)16-23-22(29)10-14-34-23)40-25(31(3,4)41-32)17-37-30-27-20(9-13-35-27)15-19-5-6-26(33)38-28(19)30/h5-11,13-16,25H,12,17H2,1-4H3/t25-,32+/m0/s1. The van der Waals surface area contributed by atoms with Gasteiger partial charge in [-0.3, -0.25) is 0 Å². The molecule has 0 amide bonds. The number of hydrogen-bond donors (Lipinski definition) is 0. The second kappa shape index (κ2) is 9.29. The van der Waals surface area contributed by atoms with Gasteiger partial charge in [0.05, 0.1) is 29.1 Å². The first-order valence-electron chi connectivity index (χ1n) is 13.3. The van der Waals surface area contributed by atoms with Crippen LogP contribution in [0, 0.1) is 0 Å². The zero-order valence-corrected chi connectivity index (χ0v) is 23.0. The average molecular weight is 557 g/mol. The van der Waals surface area contributed by atoms with Crippen molar-refractivity contribution in [1.29, 1.82) is 0 Å². The number of furan rings is 2. The highest BCUT2D eigenvalue weighted by Crippen LogP contribution is 2.47. The first kappa shape index (κ1) is 25.5. The zero-order chi connectivity index (χ0) is 28.4. The molecular formula is C32H28O9. The molecule has 0 bridgehead atoms. The lowest BCUT2D eigenvalue weighted by Gasteiger charge is -2.30. The molecule has 1 saturated heterocycles. The van der Waals surface area contributed by atoms with Crippen LogP contribution >= 0.6 is 0 Å². The van der Waals surface area contributed by atoms with Crippen molar-refractivity contribution in [3.63, 3.8) is 0 Å². The van der Waals surface area contributed by atoms with E-state index in [9.17, 15) is 4.79 Å². The van der Waals surface area contributed by atoms with Crippen LogP contribution in [0.3, 0.4) is 0 Å². The maximum atomic E-state index is 12.0. The first-order chi connectivity index (χ1) is 19.7. The molecule has 2 atom stereocenters. The van der Waals surface area contributed by atoms with E-state index in [0.29, 0.717) is 40.6 Å². The SMILES string of the molecule is CC(C)=CCOc1c2c(cc3occc13)O[C@]1(C=C2)O[C@@H](COc2c3occc3cc3ccc(=O)oc23)C(C)(C)O1. The van der Waals surface area contributed by atoms with Gasteiger partial charge < -0.3 is 36.9 Å². The van der Waals surface area contributed by atoms with E-state index < -0.39 is 23.3 Å². The van der Waals surface area contributed by atoms with Crippen LogP contribution in [0.15, 0.2) is 84.7 Å². The smallest absolute Gasteiger partial charge is 0.350 e. The third-order valence-corrected chi connectivity index (χ3v) is 7.29. The van der Waals surface area contributed by atoms with Gasteiger partial charge in [0.2, 0.25) is 5.75 Å². The van der Waals surface area contributed by atoms with Gasteiger partial charge in [-0.25, -0.2) is 4.79 Å². The van der Waals surface area contributed by atoms with Crippen molar-refractivity contribution in [2.24, 2.45) is 0 Å². The van der Waals surface area contributed by atoms with Gasteiger partial charge in [-0.1, -0.05) is 5.57 Å². The van der Waals surface area contributed by atoms with E-state index >= 15 is 0 Å². The quantitative estimate of drug-likeness (QED) is 0.162. The number of allylic oxidation sites excluding steroid dienone is 1. The fourth-order valence-corrected chi connectivity index (χ4v) is 5.18. The molecule has 9 nitrogen and oxygen atoms in total. The van der Waals surface area contributed by atoms with Crippen molar-refractivity contribution in [1.82, 2.24) is 0 Å². The minimum Gasteiger partial charge on any atom is -0.488 e. The van der Waals surface area contributed by atoms with E-state index in [1.807, 2.05) is 58.0 Å². The highest BCUT2D eigenvalue weighted by Gasteiger charge is 2.55. The summed E-state index contributed by atoms with van der Waals surface area (Å²) in [5.41, 5.74) is 2.03. The molecule has 0 saturated carbocycles. The van der Waals surface area contributed by atoms with Crippen LogP contribution in [0.1, 0.15) is 33.3 Å². The van der Waals surface area contributed by atoms with E-state index in [0.717, 1.165) is 27.3 Å². The Morgan fingerprint density at radius 2 is 1.80 bits per heavy atom. The van der Waals surface area contributed by atoms with Gasteiger partial charge in [-0.2, -0.15) is 0 Å². The summed E-state index contributed by atoms with van der Waals surface area (Å²) in [4.78, 5) is 12.0. The number of rotatable bonds is 6. The van der Waals surface area contributed by atoms with E-state index in [2.05, 4.69) is 0 Å². The molecule has 2 aliphatic heterocycles. The van der Waals surface area contributed by atoms with Crippen molar-refractivity contribution in [3.8, 4) is 17.2 Å². The molecule has 2 aromatic carbocycles. The van der Waals surface area contributed by atoms with Crippen molar-refractivity contribution < 1.29 is 36.9 Å². The predicted octanol–water partition coefficient (Wildman–Crippen LogP) is 6.96. The molecule has 0 aliphatic carbocycles. The van der Waals surface area contributed by atoms with E-state index in [-0.39, 0.29) is 6.61 Å². The van der Waals surface area contributed by atoms with Crippen LogP contribution in [0.4, 0.5) is 0 Å². The van der Waals surface area contributed by atoms with E-state index in [1.165, 1.54) is 6.07 Å². The Hall–Kier alpha value is -4.47. The topological polar surface area (TPSA) is 103 Å². The second-order valence-corrected chi connectivity index (χ2v) is 10.9. The molecule has 41 heavy (non-hydrogen) atoms. The van der Waals surface area contributed by atoms with Gasteiger partial charge in [0.15, 0.2) is 11.2 Å². The van der Waals surface area contributed by atoms with Gasteiger partial charge in [-0.05, 0) is 64.1 Å². The second-order valence-electron chi connectivity index (χ2n) is 10.9. The number of ether oxygens (including phenoxy) is 5. The maximum Gasteiger partial charge on any atom is 0.350 e. The molecule has 2 aliphatic rings. The third-order valence-electron chi connectivity index (χ3n) is 7.29. The third kappa shape index (κ3) is 4.38. The highest BCUT2D eigenvalue weighted by molar-refractivity contribution is 6.00. The van der Waals surface area contributed by atoms with Crippen LogP contribution in [-0.4, -0.2) is 30.9 Å². The maximum absolute atomic E-state index is 12.0. The average Bonchev–Trinajstić information content (AvgIpc) is 3.63. The minimum atomic E-state index is -1.49. The summed E-state index contributed by atoms with van der Waals surface area (Å²) >= 11 is 0. The van der Waals surface area contributed by atoms with Gasteiger partial charge in [0, 0.05) is 29.0 Å². The summed E-state index contributed by atoms with van der Waals surface area (Å²) in [5, 5.41) is 2.39. The fourth-order valence-electron chi connectivity index (χ4n) is 5.18. The molecule has 5 aromatic rings. The molecular weight excluding hydrogens is 528 g/mol. The molecule has 9 heteroatoms. The Labute approximate surface area is 234 Å². The summed E-state index contributed by atoms with van der Waals surface area (Å²) < 4.78 is 48.4. The van der Waals surface area contributed by atoms with Crippen molar-refractivity contribution in [3.05, 3.63) is 82.6 Å². The van der Waals surface area contributed by atoms with Gasteiger partial charge in [-0.15, -0.1) is 0 Å². The largest absolute Gasteiger partial charge is 0.488 e. The van der Waals surface area contributed by atoms with Crippen LogP contribution < -0.4 is 19.8 Å². The lowest BCUT2D eigenvalue weighted by Crippen LogP contribution is -2.39.